The number of rotatable bonds is 3. The summed E-state index contributed by atoms with van der Waals surface area (Å²) in [5.74, 6) is 1.76. The molecule has 3 nitrogen and oxygen atoms in total. The third-order valence-electron chi connectivity index (χ3n) is 4.83. The third kappa shape index (κ3) is 2.45. The van der Waals surface area contributed by atoms with Crippen LogP contribution in [0.1, 0.15) is 23.4 Å². The van der Waals surface area contributed by atoms with Gasteiger partial charge in [0.05, 0.1) is 28.5 Å². The average Bonchev–Trinajstić information content (AvgIpc) is 3.42. The molecule has 1 aliphatic rings. The summed E-state index contributed by atoms with van der Waals surface area (Å²) in [5.41, 5.74) is 7.00. The summed E-state index contributed by atoms with van der Waals surface area (Å²) in [5, 5.41) is 0. The van der Waals surface area contributed by atoms with Crippen LogP contribution in [0.3, 0.4) is 0 Å². The molecule has 0 radical (unpaired) electrons. The summed E-state index contributed by atoms with van der Waals surface area (Å²) in [6.45, 7) is 0. The van der Waals surface area contributed by atoms with E-state index in [2.05, 4.69) is 28.3 Å². The minimum Gasteiger partial charge on any atom is -0.464 e. The number of nitrogens with zero attached hydrogens (tertiary/aromatic N) is 1. The highest BCUT2D eigenvalue weighted by Crippen LogP contribution is 2.35. The Labute approximate surface area is 150 Å². The summed E-state index contributed by atoms with van der Waals surface area (Å²) in [6.07, 6.45) is 8.31. The number of thiazole rings is 1. The van der Waals surface area contributed by atoms with E-state index >= 15 is 0 Å². The molecule has 1 aliphatic carbocycles. The lowest BCUT2D eigenvalue weighted by Crippen LogP contribution is -2.35. The predicted octanol–water partition coefficient (Wildman–Crippen LogP) is 5.42. The molecule has 1 aromatic carbocycles. The minimum atomic E-state index is 0.881. The van der Waals surface area contributed by atoms with Crippen LogP contribution < -0.4 is 4.57 Å². The van der Waals surface area contributed by atoms with E-state index in [9.17, 15) is 0 Å². The first-order valence-corrected chi connectivity index (χ1v) is 9.52. The molecule has 0 bridgehead atoms. The molecule has 0 aliphatic heterocycles. The van der Waals surface area contributed by atoms with Crippen LogP contribution in [0.4, 0.5) is 0 Å². The van der Waals surface area contributed by atoms with Gasteiger partial charge in [0.25, 0.3) is 0 Å². The van der Waals surface area contributed by atoms with Crippen LogP contribution in [0.15, 0.2) is 69.3 Å². The van der Waals surface area contributed by atoms with E-state index < -0.39 is 0 Å². The molecular formula is C21H18NO2S+. The van der Waals surface area contributed by atoms with Crippen molar-refractivity contribution in [1.82, 2.24) is 0 Å². The van der Waals surface area contributed by atoms with E-state index in [1.54, 1.807) is 12.5 Å². The monoisotopic (exact) mass is 348 g/mol. The Morgan fingerprint density at radius 2 is 1.48 bits per heavy atom. The highest BCUT2D eigenvalue weighted by Gasteiger charge is 2.30. The fraction of sp³-hybridized carbons (Fsp3) is 0.190. The summed E-state index contributed by atoms with van der Waals surface area (Å²) in [6, 6.07) is 14.2. The van der Waals surface area contributed by atoms with Crippen molar-refractivity contribution in [2.75, 3.05) is 0 Å². The second-order valence-electron chi connectivity index (χ2n) is 6.33. The molecule has 124 valence electrons. The number of para-hydroxylation sites is 1. The molecule has 0 N–H and O–H groups in total. The first kappa shape index (κ1) is 14.7. The Bertz CT molecular complexity index is 944. The van der Waals surface area contributed by atoms with Crippen LogP contribution in [0.2, 0.25) is 0 Å². The maximum Gasteiger partial charge on any atom is 0.233 e. The SMILES string of the molecule is c1coc(-c2cccc(-c3ccco3)c2-[n+]2csc3c2CCCC3)c1. The van der Waals surface area contributed by atoms with E-state index in [0.29, 0.717) is 0 Å². The van der Waals surface area contributed by atoms with Crippen LogP contribution in [0, 0.1) is 0 Å². The zero-order chi connectivity index (χ0) is 16.6. The van der Waals surface area contributed by atoms with Gasteiger partial charge in [-0.1, -0.05) is 17.4 Å². The van der Waals surface area contributed by atoms with Crippen LogP contribution in [-0.2, 0) is 12.8 Å². The van der Waals surface area contributed by atoms with Gasteiger partial charge in [0.15, 0.2) is 0 Å². The number of aryl methyl sites for hydroxylation is 1. The van der Waals surface area contributed by atoms with Crippen LogP contribution in [0.5, 0.6) is 0 Å². The average molecular weight is 348 g/mol. The van der Waals surface area contributed by atoms with Crippen molar-refractivity contribution in [3.63, 3.8) is 0 Å². The van der Waals surface area contributed by atoms with E-state index in [-0.39, 0.29) is 0 Å². The fourth-order valence-electron chi connectivity index (χ4n) is 3.68. The van der Waals surface area contributed by atoms with Crippen molar-refractivity contribution in [1.29, 1.82) is 0 Å². The van der Waals surface area contributed by atoms with Gasteiger partial charge in [-0.15, -0.1) is 0 Å². The van der Waals surface area contributed by atoms with Gasteiger partial charge in [-0.25, -0.2) is 0 Å². The molecule has 0 unspecified atom stereocenters. The number of furan rings is 2. The van der Waals surface area contributed by atoms with Gasteiger partial charge in [0.1, 0.15) is 11.5 Å². The smallest absolute Gasteiger partial charge is 0.233 e. The molecule has 0 fully saturated rings. The molecule has 0 amide bonds. The lowest BCUT2D eigenvalue weighted by molar-refractivity contribution is -0.598. The number of fused-ring (bicyclic) bond motifs is 1. The van der Waals surface area contributed by atoms with Crippen molar-refractivity contribution in [3.05, 3.63) is 71.1 Å². The molecule has 5 rings (SSSR count). The Kier molecular flexibility index (Phi) is 3.56. The van der Waals surface area contributed by atoms with Crippen LogP contribution in [0.25, 0.3) is 28.3 Å². The number of benzene rings is 1. The maximum absolute atomic E-state index is 5.73. The van der Waals surface area contributed by atoms with Gasteiger partial charge in [0.2, 0.25) is 16.9 Å². The van der Waals surface area contributed by atoms with E-state index in [1.165, 1.54) is 29.8 Å². The predicted molar refractivity (Wildman–Crippen MR) is 97.9 cm³/mol. The number of aromatic nitrogens is 1. The lowest BCUT2D eigenvalue weighted by atomic mass is 9.99. The van der Waals surface area contributed by atoms with Crippen molar-refractivity contribution in [3.8, 4) is 28.3 Å². The zero-order valence-electron chi connectivity index (χ0n) is 13.8. The summed E-state index contributed by atoms with van der Waals surface area (Å²) < 4.78 is 13.8. The summed E-state index contributed by atoms with van der Waals surface area (Å²) in [7, 11) is 0. The normalized spacial score (nSPS) is 13.8. The van der Waals surface area contributed by atoms with Crippen LogP contribution >= 0.6 is 11.3 Å². The highest BCUT2D eigenvalue weighted by atomic mass is 32.1. The summed E-state index contributed by atoms with van der Waals surface area (Å²) in [4.78, 5) is 1.51. The molecule has 4 aromatic rings. The second-order valence-corrected chi connectivity index (χ2v) is 7.27. The molecule has 3 aromatic heterocycles. The van der Waals surface area contributed by atoms with Gasteiger partial charge in [-0.05, 0) is 55.7 Å². The molecule has 3 heterocycles. The highest BCUT2D eigenvalue weighted by molar-refractivity contribution is 7.09. The van der Waals surface area contributed by atoms with Gasteiger partial charge >= 0.3 is 0 Å². The third-order valence-corrected chi connectivity index (χ3v) is 5.87. The van der Waals surface area contributed by atoms with Gasteiger partial charge < -0.3 is 8.83 Å². The van der Waals surface area contributed by atoms with Gasteiger partial charge in [-0.3, -0.25) is 0 Å². The Hall–Kier alpha value is -2.59. The van der Waals surface area contributed by atoms with Crippen LogP contribution in [-0.4, -0.2) is 0 Å². The summed E-state index contributed by atoms with van der Waals surface area (Å²) >= 11 is 1.86. The largest absolute Gasteiger partial charge is 0.464 e. The molecule has 0 saturated heterocycles. The number of hydrogen-bond acceptors (Lipinski definition) is 3. The molecule has 4 heteroatoms. The second kappa shape index (κ2) is 6.05. The minimum absolute atomic E-state index is 0.881. The Balaban J connectivity index is 1.80. The van der Waals surface area contributed by atoms with Gasteiger partial charge in [0, 0.05) is 6.42 Å². The lowest BCUT2D eigenvalue weighted by Gasteiger charge is -2.11. The van der Waals surface area contributed by atoms with E-state index in [4.69, 9.17) is 8.83 Å². The Morgan fingerprint density at radius 3 is 2.12 bits per heavy atom. The first-order chi connectivity index (χ1) is 12.4. The fourth-order valence-corrected chi connectivity index (χ4v) is 4.74. The zero-order valence-corrected chi connectivity index (χ0v) is 14.6. The van der Waals surface area contributed by atoms with Gasteiger partial charge in [-0.2, -0.15) is 4.57 Å². The van der Waals surface area contributed by atoms with Crippen molar-refractivity contribution < 1.29 is 13.4 Å². The maximum atomic E-state index is 5.73. The first-order valence-electron chi connectivity index (χ1n) is 8.64. The van der Waals surface area contributed by atoms with E-state index in [0.717, 1.165) is 34.8 Å². The topological polar surface area (TPSA) is 30.2 Å². The molecule has 0 spiro atoms. The molecule has 0 atom stereocenters. The standard InChI is InChI=1S/C21H18NO2S/c1-2-11-20-17(8-1)22(14-25-20)21-15(18-9-4-12-23-18)6-3-7-16(21)19-10-5-13-24-19/h3-7,9-10,12-14H,1-2,8,11H2/q+1. The molecule has 0 saturated carbocycles. The quantitative estimate of drug-likeness (QED) is 0.463. The Morgan fingerprint density at radius 1 is 0.800 bits per heavy atom. The molecule has 25 heavy (non-hydrogen) atoms. The van der Waals surface area contributed by atoms with Crippen molar-refractivity contribution in [2.24, 2.45) is 0 Å². The van der Waals surface area contributed by atoms with E-state index in [1.807, 2.05) is 35.6 Å². The molecular weight excluding hydrogens is 330 g/mol. The van der Waals surface area contributed by atoms with Crippen molar-refractivity contribution in [2.45, 2.75) is 25.7 Å². The number of hydrogen-bond donors (Lipinski definition) is 0. The van der Waals surface area contributed by atoms with Crippen molar-refractivity contribution >= 4 is 11.3 Å².